The topological polar surface area (TPSA) is 23.5 Å². The predicted molar refractivity (Wildman–Crippen MR) is 387 cm³/mol. The smallest absolute Gasteiger partial charge is 0.252 e. The molecule has 2 aliphatic rings. The van der Waals surface area contributed by atoms with Crippen LogP contribution in [0.2, 0.25) is 0 Å². The normalized spacial score (nSPS) is 13.1. The van der Waals surface area contributed by atoms with E-state index in [1.54, 1.807) is 0 Å². The van der Waals surface area contributed by atoms with Gasteiger partial charge >= 0.3 is 0 Å². The molecule has 5 aromatic heterocycles. The highest BCUT2D eigenvalue weighted by Crippen LogP contribution is 2.53. The van der Waals surface area contributed by atoms with E-state index in [1.807, 2.05) is 0 Å². The molecule has 7 heteroatoms. The van der Waals surface area contributed by atoms with Gasteiger partial charge < -0.3 is 28.1 Å². The van der Waals surface area contributed by atoms with E-state index in [-0.39, 0.29) is 6.71 Å². The Morgan fingerprint density at radius 2 is 0.703 bits per heavy atom. The Kier molecular flexibility index (Phi) is 10.1. The lowest BCUT2D eigenvalue weighted by Crippen LogP contribution is -2.61. The lowest BCUT2D eigenvalue weighted by atomic mass is 9.33. The number of nitrogens with zero attached hydrogens (tertiary/aromatic N) is 6. The van der Waals surface area contributed by atoms with Crippen molar-refractivity contribution in [3.8, 4) is 5.69 Å². The number of fused-ring (bicyclic) bond motifs is 19. The van der Waals surface area contributed by atoms with Crippen LogP contribution in [0.5, 0.6) is 0 Å². The maximum atomic E-state index is 2.69. The van der Waals surface area contributed by atoms with Crippen molar-refractivity contribution in [3.05, 3.63) is 282 Å². The van der Waals surface area contributed by atoms with E-state index in [1.165, 1.54) is 165 Å². The standard InChI is InChI=1S/C84H59BN6/c1-48-37-50(3)81(51(4)38-48)90-76-46-74-66(64-30-19-28-62-59-26-14-17-33-71(59)88(74)83(62)64)44-68(76)85-69-45-67-65-31-20-29-63-60-27-15-18-34-72(60)89(84(63)65)75(67)47-77(69)91(82-52(5)39-49(2)40-53(82)6)79-43-57(42-78(90)80(79)85)86(54-21-9-7-10-22-54)56-35-36-61-58-25-13-16-32-70(58)87(73(61)41-56)55-23-11-8-12-24-55/h7-47H,1-6H3. The molecule has 0 unspecified atom stereocenters. The van der Waals surface area contributed by atoms with Gasteiger partial charge in [0.15, 0.2) is 0 Å². The molecule has 0 N–H and O–H groups in total. The van der Waals surface area contributed by atoms with E-state index in [4.69, 9.17) is 0 Å². The molecule has 0 fully saturated rings. The van der Waals surface area contributed by atoms with Gasteiger partial charge in [0.25, 0.3) is 6.71 Å². The van der Waals surface area contributed by atoms with Crippen LogP contribution in [0.25, 0.3) is 104 Å². The first-order valence-corrected chi connectivity index (χ1v) is 31.9. The second-order valence-corrected chi connectivity index (χ2v) is 26.0. The maximum absolute atomic E-state index is 2.69. The van der Waals surface area contributed by atoms with Gasteiger partial charge in [-0.2, -0.15) is 0 Å². The molecule has 2 aliphatic heterocycles. The van der Waals surface area contributed by atoms with Gasteiger partial charge in [-0.1, -0.05) is 181 Å². The highest BCUT2D eigenvalue weighted by Gasteiger charge is 2.46. The maximum Gasteiger partial charge on any atom is 0.252 e. The van der Waals surface area contributed by atoms with Gasteiger partial charge in [-0.25, -0.2) is 0 Å². The molecule has 0 bridgehead atoms. The first-order valence-electron chi connectivity index (χ1n) is 31.9. The van der Waals surface area contributed by atoms with Gasteiger partial charge in [0.2, 0.25) is 0 Å². The van der Waals surface area contributed by atoms with Crippen molar-refractivity contribution in [3.63, 3.8) is 0 Å². The van der Waals surface area contributed by atoms with Crippen molar-refractivity contribution in [1.82, 2.24) is 13.4 Å². The zero-order chi connectivity index (χ0) is 60.4. The van der Waals surface area contributed by atoms with E-state index in [2.05, 4.69) is 318 Å². The van der Waals surface area contributed by atoms with Crippen LogP contribution in [-0.2, 0) is 0 Å². The summed E-state index contributed by atoms with van der Waals surface area (Å²) in [6.07, 6.45) is 0. The molecule has 7 heterocycles. The highest BCUT2D eigenvalue weighted by molar-refractivity contribution is 7.00. The SMILES string of the molecule is Cc1cc(C)c(N2c3cc4c(cc3B3c5cc6c7cccc8c9ccccc9n(c6cc5N(c5c(C)cc(C)cc5C)c5cc(N(c6ccccc6)c6ccc9c%10ccccc%10n(-c%10ccccc%10)c9c6)cc2c53)c87)c2cccc3c5ccccc5n4c32)c(C)c1. The summed E-state index contributed by atoms with van der Waals surface area (Å²) in [4.78, 5) is 7.90. The summed E-state index contributed by atoms with van der Waals surface area (Å²) in [5.41, 5.74) is 32.5. The molecule has 0 aliphatic carbocycles. The quantitative estimate of drug-likeness (QED) is 0.155. The Hall–Kier alpha value is -11.3. The number of benzene rings is 13. The van der Waals surface area contributed by atoms with E-state index < -0.39 is 0 Å². The van der Waals surface area contributed by atoms with E-state index >= 15 is 0 Å². The Labute approximate surface area is 526 Å². The van der Waals surface area contributed by atoms with Crippen molar-refractivity contribution in [1.29, 1.82) is 0 Å². The average Bonchev–Trinajstić information content (AvgIpc) is 1.68. The number of rotatable bonds is 6. The van der Waals surface area contributed by atoms with E-state index in [0.717, 1.165) is 39.6 Å². The summed E-state index contributed by atoms with van der Waals surface area (Å²) >= 11 is 0. The molecular weight excluding hydrogens is 1100 g/mol. The van der Waals surface area contributed by atoms with E-state index in [0.29, 0.717) is 0 Å². The van der Waals surface area contributed by atoms with Crippen LogP contribution in [0.1, 0.15) is 33.4 Å². The van der Waals surface area contributed by atoms with Crippen molar-refractivity contribution < 1.29 is 0 Å². The van der Waals surface area contributed by atoms with Crippen LogP contribution in [-0.4, -0.2) is 20.1 Å². The molecule has 20 rings (SSSR count). The predicted octanol–water partition coefficient (Wildman–Crippen LogP) is 20.5. The zero-order valence-corrected chi connectivity index (χ0v) is 51.4. The summed E-state index contributed by atoms with van der Waals surface area (Å²) < 4.78 is 7.57. The second kappa shape index (κ2) is 18.2. The molecule has 0 amide bonds. The Morgan fingerprint density at radius 3 is 1.21 bits per heavy atom. The second-order valence-electron chi connectivity index (χ2n) is 26.0. The molecule has 91 heavy (non-hydrogen) atoms. The fraction of sp³-hybridized carbons (Fsp3) is 0.0714. The van der Waals surface area contributed by atoms with Gasteiger partial charge in [-0.05, 0) is 159 Å². The minimum atomic E-state index is -0.181. The summed E-state index contributed by atoms with van der Waals surface area (Å²) in [6, 6.07) is 94.8. The van der Waals surface area contributed by atoms with Crippen molar-refractivity contribution in [2.24, 2.45) is 0 Å². The number of hydrogen-bond donors (Lipinski definition) is 0. The van der Waals surface area contributed by atoms with Gasteiger partial charge in [0.05, 0.1) is 61.2 Å². The third-order valence-corrected chi connectivity index (χ3v) is 20.7. The molecule has 13 aromatic carbocycles. The molecule has 428 valence electrons. The largest absolute Gasteiger partial charge is 0.311 e. The van der Waals surface area contributed by atoms with Crippen molar-refractivity contribution in [2.45, 2.75) is 41.5 Å². The number of anilines is 9. The highest BCUT2D eigenvalue weighted by atomic mass is 15.2. The Balaban J connectivity index is 0.971. The molecule has 0 atom stereocenters. The van der Waals surface area contributed by atoms with Gasteiger partial charge in [0, 0.05) is 93.7 Å². The van der Waals surface area contributed by atoms with Crippen LogP contribution in [0, 0.1) is 41.5 Å². The summed E-state index contributed by atoms with van der Waals surface area (Å²) in [7, 11) is 0. The first-order chi connectivity index (χ1) is 44.6. The van der Waals surface area contributed by atoms with Crippen LogP contribution >= 0.6 is 0 Å². The first kappa shape index (κ1) is 50.7. The molecule has 0 spiro atoms. The number of aromatic nitrogens is 3. The van der Waals surface area contributed by atoms with Gasteiger partial charge in [-0.3, -0.25) is 0 Å². The molecule has 0 saturated carbocycles. The fourth-order valence-corrected chi connectivity index (χ4v) is 17.5. The van der Waals surface area contributed by atoms with Crippen molar-refractivity contribution in [2.75, 3.05) is 14.7 Å². The number of aryl methyl sites for hydroxylation is 6. The number of hydrogen-bond acceptors (Lipinski definition) is 3. The monoisotopic (exact) mass is 1160 g/mol. The Bertz CT molecular complexity index is 5870. The molecule has 6 nitrogen and oxygen atoms in total. The summed E-state index contributed by atoms with van der Waals surface area (Å²) in [5.74, 6) is 0. The lowest BCUT2D eigenvalue weighted by Gasteiger charge is -2.46. The lowest BCUT2D eigenvalue weighted by molar-refractivity contribution is 1.17. The summed E-state index contributed by atoms with van der Waals surface area (Å²) in [5, 5.41) is 12.7. The van der Waals surface area contributed by atoms with Gasteiger partial charge in [-0.15, -0.1) is 0 Å². The van der Waals surface area contributed by atoms with Crippen LogP contribution in [0.4, 0.5) is 51.2 Å². The van der Waals surface area contributed by atoms with Crippen molar-refractivity contribution >= 4 is 172 Å². The zero-order valence-electron chi connectivity index (χ0n) is 51.4. The fourth-order valence-electron chi connectivity index (χ4n) is 17.5. The van der Waals surface area contributed by atoms with Crippen LogP contribution < -0.4 is 31.1 Å². The minimum absolute atomic E-state index is 0.181. The van der Waals surface area contributed by atoms with Crippen LogP contribution in [0.3, 0.4) is 0 Å². The Morgan fingerprint density at radius 1 is 0.286 bits per heavy atom. The third-order valence-electron chi connectivity index (χ3n) is 20.7. The minimum Gasteiger partial charge on any atom is -0.311 e. The average molecular weight is 1160 g/mol. The third kappa shape index (κ3) is 6.71. The number of para-hydroxylation sites is 7. The molecule has 18 aromatic rings. The van der Waals surface area contributed by atoms with Crippen LogP contribution in [0.15, 0.2) is 249 Å². The molecular formula is C84H59BN6. The van der Waals surface area contributed by atoms with Gasteiger partial charge in [0.1, 0.15) is 0 Å². The molecule has 0 saturated heterocycles. The summed E-state index contributed by atoms with van der Waals surface area (Å²) in [6.45, 7) is 13.6. The molecule has 0 radical (unpaired) electrons. The van der Waals surface area contributed by atoms with E-state index in [9.17, 15) is 0 Å².